The predicted octanol–water partition coefficient (Wildman–Crippen LogP) is 1.18. The number of benzene rings is 1. The maximum absolute atomic E-state index is 9.21. The van der Waals surface area contributed by atoms with Crippen LogP contribution >= 0.6 is 0 Å². The third-order valence-electron chi connectivity index (χ3n) is 1.74. The molecule has 0 aliphatic heterocycles. The molecule has 0 amide bonds. The summed E-state index contributed by atoms with van der Waals surface area (Å²) in [4.78, 5) is 0. The van der Waals surface area contributed by atoms with Gasteiger partial charge in [-0.25, -0.2) is 0 Å². The highest BCUT2D eigenvalue weighted by atomic mass is 16.3. The molecule has 0 aliphatic carbocycles. The third-order valence-corrected chi connectivity index (χ3v) is 1.74. The van der Waals surface area contributed by atoms with E-state index in [1.807, 2.05) is 0 Å². The zero-order chi connectivity index (χ0) is 10.4. The van der Waals surface area contributed by atoms with E-state index in [1.165, 1.54) is 6.07 Å². The first-order valence-corrected chi connectivity index (χ1v) is 4.13. The summed E-state index contributed by atoms with van der Waals surface area (Å²) in [5, 5.41) is 20.9. The van der Waals surface area contributed by atoms with E-state index in [0.717, 1.165) is 0 Å². The molecular formula is C11H10N2O. The molecule has 0 radical (unpaired) electrons. The van der Waals surface area contributed by atoms with Crippen LogP contribution in [0.5, 0.6) is 5.75 Å². The van der Waals surface area contributed by atoms with Crippen LogP contribution in [-0.2, 0) is 0 Å². The van der Waals surface area contributed by atoms with Gasteiger partial charge in [-0.1, -0.05) is 18.1 Å². The van der Waals surface area contributed by atoms with Gasteiger partial charge >= 0.3 is 0 Å². The van der Waals surface area contributed by atoms with Crippen LogP contribution in [0, 0.1) is 23.7 Å². The fraction of sp³-hybridized carbons (Fsp3) is 0.182. The third kappa shape index (κ3) is 2.52. The van der Waals surface area contributed by atoms with Gasteiger partial charge in [-0.15, -0.1) is 6.42 Å². The van der Waals surface area contributed by atoms with Crippen molar-refractivity contribution in [1.82, 2.24) is 5.32 Å². The van der Waals surface area contributed by atoms with Gasteiger partial charge in [0.05, 0.1) is 12.6 Å². The lowest BCUT2D eigenvalue weighted by Crippen LogP contribution is -2.19. The van der Waals surface area contributed by atoms with Crippen LogP contribution in [-0.4, -0.2) is 11.7 Å². The molecule has 1 aromatic carbocycles. The van der Waals surface area contributed by atoms with Crippen LogP contribution in [0.2, 0.25) is 0 Å². The number of aromatic hydroxyl groups is 1. The summed E-state index contributed by atoms with van der Waals surface area (Å²) in [6, 6.07) is 8.13. The maximum Gasteiger partial charge on any atom is 0.122 e. The van der Waals surface area contributed by atoms with E-state index < -0.39 is 6.04 Å². The summed E-state index contributed by atoms with van der Waals surface area (Å²) < 4.78 is 0. The second kappa shape index (κ2) is 4.91. The summed E-state index contributed by atoms with van der Waals surface area (Å²) in [7, 11) is 0. The monoisotopic (exact) mass is 186 g/mol. The van der Waals surface area contributed by atoms with Gasteiger partial charge in [0, 0.05) is 0 Å². The van der Waals surface area contributed by atoms with E-state index in [2.05, 4.69) is 17.3 Å². The highest BCUT2D eigenvalue weighted by molar-refractivity contribution is 5.32. The lowest BCUT2D eigenvalue weighted by Gasteiger charge is -2.09. The molecule has 1 rings (SSSR count). The van der Waals surface area contributed by atoms with Crippen molar-refractivity contribution in [2.45, 2.75) is 6.04 Å². The Labute approximate surface area is 83.0 Å². The number of hydrogen-bond donors (Lipinski definition) is 2. The van der Waals surface area contributed by atoms with Crippen molar-refractivity contribution in [3.05, 3.63) is 29.8 Å². The molecule has 14 heavy (non-hydrogen) atoms. The van der Waals surface area contributed by atoms with Crippen LogP contribution < -0.4 is 5.32 Å². The first kappa shape index (κ1) is 10.1. The van der Waals surface area contributed by atoms with E-state index in [4.69, 9.17) is 11.7 Å². The molecule has 70 valence electrons. The molecule has 0 heterocycles. The van der Waals surface area contributed by atoms with Gasteiger partial charge in [0.1, 0.15) is 11.8 Å². The average molecular weight is 186 g/mol. The van der Waals surface area contributed by atoms with Crippen molar-refractivity contribution in [1.29, 1.82) is 5.26 Å². The molecule has 2 N–H and O–H groups in total. The Hall–Kier alpha value is -1.97. The molecule has 1 unspecified atom stereocenters. The summed E-state index contributed by atoms with van der Waals surface area (Å²) in [5.74, 6) is 2.54. The van der Waals surface area contributed by atoms with Crippen LogP contribution in [0.3, 0.4) is 0 Å². The fourth-order valence-corrected chi connectivity index (χ4v) is 1.10. The minimum atomic E-state index is -0.474. The van der Waals surface area contributed by atoms with E-state index in [0.29, 0.717) is 12.1 Å². The molecule has 1 atom stereocenters. The van der Waals surface area contributed by atoms with Gasteiger partial charge in [0.2, 0.25) is 0 Å². The smallest absolute Gasteiger partial charge is 0.122 e. The van der Waals surface area contributed by atoms with Gasteiger partial charge in [0.15, 0.2) is 0 Å². The van der Waals surface area contributed by atoms with Crippen LogP contribution in [0.4, 0.5) is 0 Å². The molecule has 0 fully saturated rings. The molecular weight excluding hydrogens is 176 g/mol. The largest absolute Gasteiger partial charge is 0.508 e. The van der Waals surface area contributed by atoms with Gasteiger partial charge in [-0.2, -0.15) is 5.26 Å². The number of hydrogen-bond acceptors (Lipinski definition) is 3. The Kier molecular flexibility index (Phi) is 3.55. The second-order valence-electron chi connectivity index (χ2n) is 2.74. The molecule has 1 aromatic rings. The topological polar surface area (TPSA) is 56.0 Å². The highest BCUT2D eigenvalue weighted by Crippen LogP contribution is 2.17. The highest BCUT2D eigenvalue weighted by Gasteiger charge is 2.08. The number of phenolic OH excluding ortho intramolecular Hbond substituents is 1. The van der Waals surface area contributed by atoms with Crippen molar-refractivity contribution in [2.24, 2.45) is 0 Å². The van der Waals surface area contributed by atoms with Crippen LogP contribution in [0.25, 0.3) is 0 Å². The van der Waals surface area contributed by atoms with Gasteiger partial charge in [0.25, 0.3) is 0 Å². The minimum absolute atomic E-state index is 0.144. The van der Waals surface area contributed by atoms with Crippen LogP contribution in [0.1, 0.15) is 11.6 Å². The minimum Gasteiger partial charge on any atom is -0.508 e. The van der Waals surface area contributed by atoms with E-state index in [1.54, 1.807) is 18.2 Å². The Bertz CT molecular complexity index is 387. The maximum atomic E-state index is 9.21. The summed E-state index contributed by atoms with van der Waals surface area (Å²) in [6.07, 6.45) is 5.07. The van der Waals surface area contributed by atoms with Gasteiger partial charge in [-0.3, -0.25) is 5.32 Å². The molecule has 0 spiro atoms. The Morgan fingerprint density at radius 2 is 2.36 bits per heavy atom. The number of rotatable bonds is 3. The zero-order valence-electron chi connectivity index (χ0n) is 7.57. The molecule has 0 bridgehead atoms. The van der Waals surface area contributed by atoms with Gasteiger partial charge in [-0.05, 0) is 17.7 Å². The quantitative estimate of drug-likeness (QED) is 0.697. The summed E-state index contributed by atoms with van der Waals surface area (Å²) >= 11 is 0. The molecule has 3 nitrogen and oxygen atoms in total. The first-order chi connectivity index (χ1) is 6.77. The van der Waals surface area contributed by atoms with Crippen LogP contribution in [0.15, 0.2) is 24.3 Å². The number of nitrogens with one attached hydrogen (secondary N) is 1. The van der Waals surface area contributed by atoms with E-state index >= 15 is 0 Å². The predicted molar refractivity (Wildman–Crippen MR) is 53.3 cm³/mol. The zero-order valence-corrected chi connectivity index (χ0v) is 7.57. The number of phenols is 1. The van der Waals surface area contributed by atoms with E-state index in [9.17, 15) is 5.11 Å². The SMILES string of the molecule is C#CCNC(C#N)c1cccc(O)c1. The number of nitriles is 1. The normalized spacial score (nSPS) is 11.3. The second-order valence-corrected chi connectivity index (χ2v) is 2.74. The lowest BCUT2D eigenvalue weighted by atomic mass is 10.1. The number of terminal acetylenes is 1. The van der Waals surface area contributed by atoms with Gasteiger partial charge < -0.3 is 5.11 Å². The first-order valence-electron chi connectivity index (χ1n) is 4.13. The van der Waals surface area contributed by atoms with E-state index in [-0.39, 0.29) is 5.75 Å². The molecule has 0 saturated carbocycles. The molecule has 3 heteroatoms. The average Bonchev–Trinajstić information content (AvgIpc) is 2.19. The Morgan fingerprint density at radius 3 is 2.93 bits per heavy atom. The Balaban J connectivity index is 2.81. The standard InChI is InChI=1S/C11H10N2O/c1-2-6-13-11(8-12)9-4-3-5-10(14)7-9/h1,3-5,7,11,13-14H,6H2. The van der Waals surface area contributed by atoms with Crippen molar-refractivity contribution in [3.8, 4) is 24.2 Å². The summed E-state index contributed by atoms with van der Waals surface area (Å²) in [6.45, 7) is 0.327. The molecule has 0 aromatic heterocycles. The van der Waals surface area contributed by atoms with Crippen molar-refractivity contribution in [2.75, 3.05) is 6.54 Å². The summed E-state index contributed by atoms with van der Waals surface area (Å²) in [5.41, 5.74) is 0.711. The Morgan fingerprint density at radius 1 is 1.57 bits per heavy atom. The number of nitrogens with zero attached hydrogens (tertiary/aromatic N) is 1. The molecule has 0 aliphatic rings. The van der Waals surface area contributed by atoms with Crippen molar-refractivity contribution in [3.63, 3.8) is 0 Å². The fourth-order valence-electron chi connectivity index (χ4n) is 1.10. The lowest BCUT2D eigenvalue weighted by molar-refractivity contribution is 0.473. The molecule has 0 saturated heterocycles. The van der Waals surface area contributed by atoms with Crippen molar-refractivity contribution < 1.29 is 5.11 Å². The van der Waals surface area contributed by atoms with Crippen molar-refractivity contribution >= 4 is 0 Å².